The van der Waals surface area contributed by atoms with Gasteiger partial charge in [0.1, 0.15) is 11.6 Å². The van der Waals surface area contributed by atoms with Crippen molar-refractivity contribution in [1.29, 1.82) is 0 Å². The normalized spacial score (nSPS) is 47.6. The molecule has 0 aromatic rings. The van der Waals surface area contributed by atoms with Gasteiger partial charge in [-0.15, -0.1) is 0 Å². The first kappa shape index (κ1) is 8.39. The maximum atomic E-state index is 12.1. The highest BCUT2D eigenvalue weighted by atomic mass is 16.2. The fourth-order valence-electron chi connectivity index (χ4n) is 3.49. The molecule has 14 heavy (non-hydrogen) atoms. The predicted molar refractivity (Wildman–Crippen MR) is 51.5 cm³/mol. The molecule has 0 aromatic heterocycles. The van der Waals surface area contributed by atoms with Crippen LogP contribution in [-0.4, -0.2) is 11.6 Å². The number of ketones is 2. The van der Waals surface area contributed by atoms with Crippen molar-refractivity contribution in [3.05, 3.63) is 12.2 Å². The second-order valence-electron chi connectivity index (χ2n) is 5.35. The van der Waals surface area contributed by atoms with E-state index in [2.05, 4.69) is 12.2 Å². The summed E-state index contributed by atoms with van der Waals surface area (Å²) in [6.07, 6.45) is 5.31. The van der Waals surface area contributed by atoms with Crippen molar-refractivity contribution < 1.29 is 9.59 Å². The summed E-state index contributed by atoms with van der Waals surface area (Å²) in [5, 5.41) is 0. The van der Waals surface area contributed by atoms with E-state index in [0.29, 0.717) is 11.8 Å². The summed E-state index contributed by atoms with van der Waals surface area (Å²) >= 11 is 0. The van der Waals surface area contributed by atoms with Gasteiger partial charge in [-0.05, 0) is 32.1 Å². The van der Waals surface area contributed by atoms with Gasteiger partial charge in [0.25, 0.3) is 0 Å². The van der Waals surface area contributed by atoms with Crippen LogP contribution in [0.2, 0.25) is 0 Å². The molecule has 0 radical (unpaired) electrons. The zero-order chi connectivity index (χ0) is 10.1. The van der Waals surface area contributed by atoms with Crippen LogP contribution < -0.4 is 0 Å². The fraction of sp³-hybridized carbons (Fsp3) is 0.667. The molecule has 0 N–H and O–H groups in total. The zero-order valence-corrected chi connectivity index (χ0v) is 8.49. The Morgan fingerprint density at radius 2 is 1.50 bits per heavy atom. The molecule has 2 nitrogen and oxygen atoms in total. The molecular formula is C12H14O2. The first-order chi connectivity index (χ1) is 6.53. The second-order valence-corrected chi connectivity index (χ2v) is 5.35. The Hall–Kier alpha value is -0.920. The summed E-state index contributed by atoms with van der Waals surface area (Å²) in [6, 6.07) is 0. The van der Waals surface area contributed by atoms with Crippen molar-refractivity contribution in [3.8, 4) is 0 Å². The first-order valence-corrected chi connectivity index (χ1v) is 5.30. The van der Waals surface area contributed by atoms with Crippen molar-refractivity contribution in [3.63, 3.8) is 0 Å². The van der Waals surface area contributed by atoms with E-state index in [9.17, 15) is 9.59 Å². The number of hydrogen-bond acceptors (Lipinski definition) is 2. The monoisotopic (exact) mass is 190 g/mol. The molecule has 2 bridgehead atoms. The van der Waals surface area contributed by atoms with E-state index in [4.69, 9.17) is 0 Å². The number of hydrogen-bond donors (Lipinski definition) is 0. The van der Waals surface area contributed by atoms with Gasteiger partial charge in [0.2, 0.25) is 0 Å². The third kappa shape index (κ3) is 0.701. The van der Waals surface area contributed by atoms with E-state index in [1.807, 2.05) is 0 Å². The van der Waals surface area contributed by atoms with Gasteiger partial charge in [-0.2, -0.15) is 0 Å². The first-order valence-electron chi connectivity index (χ1n) is 5.30. The molecular weight excluding hydrogens is 176 g/mol. The average molecular weight is 190 g/mol. The van der Waals surface area contributed by atoms with Crippen molar-refractivity contribution >= 4 is 11.6 Å². The Balaban J connectivity index is 2.11. The molecule has 0 aliphatic heterocycles. The van der Waals surface area contributed by atoms with Crippen LogP contribution in [-0.2, 0) is 9.59 Å². The predicted octanol–water partition coefficient (Wildman–Crippen LogP) is 1.60. The minimum absolute atomic E-state index is 0.0208. The Bertz CT molecular complexity index is 333. The van der Waals surface area contributed by atoms with E-state index < -0.39 is 5.41 Å². The molecule has 0 saturated heterocycles. The van der Waals surface area contributed by atoms with Gasteiger partial charge >= 0.3 is 0 Å². The minimum atomic E-state index is -0.710. The quantitative estimate of drug-likeness (QED) is 0.429. The number of Topliss-reactive ketones (excluding diaryl/α,β-unsaturated/α-hetero) is 2. The minimum Gasteiger partial charge on any atom is -0.298 e. The number of rotatable bonds is 0. The Labute approximate surface area is 83.4 Å². The smallest absolute Gasteiger partial charge is 0.150 e. The molecule has 3 aliphatic rings. The summed E-state index contributed by atoms with van der Waals surface area (Å²) in [7, 11) is 0. The number of fused-ring (bicyclic) bond motifs is 5. The SMILES string of the molecule is CC1(C)C(=O)[C@@H]2[C@H](C1=O)[C@@H]1C=C[C@H]2C1. The van der Waals surface area contributed by atoms with Crippen molar-refractivity contribution in [2.24, 2.45) is 29.1 Å². The molecule has 3 aliphatic carbocycles. The summed E-state index contributed by atoms with van der Waals surface area (Å²) in [4.78, 5) is 24.1. The lowest BCUT2D eigenvalue weighted by Crippen LogP contribution is -2.29. The van der Waals surface area contributed by atoms with Crippen molar-refractivity contribution in [1.82, 2.24) is 0 Å². The van der Waals surface area contributed by atoms with E-state index in [1.54, 1.807) is 13.8 Å². The lowest BCUT2D eigenvalue weighted by atomic mass is 9.84. The summed E-state index contributed by atoms with van der Waals surface area (Å²) in [5.41, 5.74) is -0.710. The van der Waals surface area contributed by atoms with Crippen LogP contribution in [0.4, 0.5) is 0 Å². The van der Waals surface area contributed by atoms with Gasteiger partial charge in [0.05, 0.1) is 5.41 Å². The zero-order valence-electron chi connectivity index (χ0n) is 8.49. The largest absolute Gasteiger partial charge is 0.298 e. The summed E-state index contributed by atoms with van der Waals surface area (Å²) in [6.45, 7) is 3.57. The van der Waals surface area contributed by atoms with Crippen LogP contribution in [0, 0.1) is 29.1 Å². The fourth-order valence-corrected chi connectivity index (χ4v) is 3.49. The summed E-state index contributed by atoms with van der Waals surface area (Å²) < 4.78 is 0. The van der Waals surface area contributed by atoms with E-state index in [0.717, 1.165) is 6.42 Å². The van der Waals surface area contributed by atoms with Gasteiger partial charge in [-0.3, -0.25) is 9.59 Å². The van der Waals surface area contributed by atoms with E-state index in [-0.39, 0.29) is 23.4 Å². The molecule has 0 amide bonds. The van der Waals surface area contributed by atoms with Crippen LogP contribution in [0.25, 0.3) is 0 Å². The number of carbonyl (C=O) groups excluding carboxylic acids is 2. The van der Waals surface area contributed by atoms with E-state index >= 15 is 0 Å². The van der Waals surface area contributed by atoms with Gasteiger partial charge in [0.15, 0.2) is 0 Å². The van der Waals surface area contributed by atoms with Gasteiger partial charge in [-0.25, -0.2) is 0 Å². The van der Waals surface area contributed by atoms with Crippen LogP contribution in [0.3, 0.4) is 0 Å². The molecule has 4 atom stereocenters. The van der Waals surface area contributed by atoms with Gasteiger partial charge in [0, 0.05) is 11.8 Å². The lowest BCUT2D eigenvalue weighted by Gasteiger charge is -2.16. The van der Waals surface area contributed by atoms with Crippen molar-refractivity contribution in [2.75, 3.05) is 0 Å². The molecule has 2 fully saturated rings. The highest BCUT2D eigenvalue weighted by molar-refractivity contribution is 6.15. The summed E-state index contributed by atoms with van der Waals surface area (Å²) in [5.74, 6) is 1.14. The topological polar surface area (TPSA) is 34.1 Å². The number of carbonyl (C=O) groups is 2. The van der Waals surface area contributed by atoms with Crippen LogP contribution in [0.1, 0.15) is 20.3 Å². The standard InChI is InChI=1S/C12H14O2/c1-12(2)10(13)8-6-3-4-7(5-6)9(8)11(12)14/h3-4,6-9H,5H2,1-2H3/t6-,7+,8-,9+. The molecule has 0 heterocycles. The Morgan fingerprint density at radius 1 is 1.07 bits per heavy atom. The van der Waals surface area contributed by atoms with Gasteiger partial charge < -0.3 is 0 Å². The lowest BCUT2D eigenvalue weighted by molar-refractivity contribution is -0.134. The number of allylic oxidation sites excluding steroid dienone is 2. The third-order valence-electron chi connectivity index (χ3n) is 4.30. The highest BCUT2D eigenvalue weighted by Crippen LogP contribution is 2.56. The highest BCUT2D eigenvalue weighted by Gasteiger charge is 2.62. The molecule has 2 heteroatoms. The molecule has 2 saturated carbocycles. The molecule has 0 spiro atoms. The Kier molecular flexibility index (Phi) is 1.31. The van der Waals surface area contributed by atoms with Crippen LogP contribution in [0.5, 0.6) is 0 Å². The molecule has 0 unspecified atom stereocenters. The van der Waals surface area contributed by atoms with Crippen LogP contribution in [0.15, 0.2) is 12.2 Å². The maximum absolute atomic E-state index is 12.1. The molecule has 3 rings (SSSR count). The molecule has 74 valence electrons. The van der Waals surface area contributed by atoms with Gasteiger partial charge in [-0.1, -0.05) is 12.2 Å². The van der Waals surface area contributed by atoms with Crippen molar-refractivity contribution in [2.45, 2.75) is 20.3 Å². The maximum Gasteiger partial charge on any atom is 0.150 e. The Morgan fingerprint density at radius 3 is 1.93 bits per heavy atom. The van der Waals surface area contributed by atoms with Crippen LogP contribution >= 0.6 is 0 Å². The second kappa shape index (κ2) is 2.18. The average Bonchev–Trinajstić information content (AvgIpc) is 2.76. The molecule has 0 aromatic carbocycles. The van der Waals surface area contributed by atoms with E-state index in [1.165, 1.54) is 0 Å². The third-order valence-corrected chi connectivity index (χ3v) is 4.30.